The molecule has 0 aromatic heterocycles. The van der Waals surface area contributed by atoms with Crippen molar-refractivity contribution in [3.63, 3.8) is 0 Å². The fourth-order valence-electron chi connectivity index (χ4n) is 2.07. The molecule has 0 saturated carbocycles. The van der Waals surface area contributed by atoms with Crippen LogP contribution in [0.2, 0.25) is 0 Å². The summed E-state index contributed by atoms with van der Waals surface area (Å²) in [5.74, 6) is 0.989. The van der Waals surface area contributed by atoms with Gasteiger partial charge in [0.1, 0.15) is 5.82 Å². The van der Waals surface area contributed by atoms with Crippen molar-refractivity contribution in [3.05, 3.63) is 57.3 Å². The third-order valence-electron chi connectivity index (χ3n) is 3.20. The fourth-order valence-corrected chi connectivity index (χ4v) is 3.68. The summed E-state index contributed by atoms with van der Waals surface area (Å²) in [5.41, 5.74) is 2.34. The molecule has 0 radical (unpaired) electrons. The fraction of sp³-hybridized carbons (Fsp3) is 0.250. The highest BCUT2D eigenvalue weighted by Gasteiger charge is 2.20. The molecule has 0 aliphatic heterocycles. The lowest BCUT2D eigenvalue weighted by Crippen LogP contribution is -2.00. The summed E-state index contributed by atoms with van der Waals surface area (Å²) in [5, 5.41) is 0. The van der Waals surface area contributed by atoms with E-state index in [0.29, 0.717) is 17.1 Å². The number of hydrogen-bond donors (Lipinski definition) is 0. The maximum atomic E-state index is 14.1. The molecule has 1 unspecified atom stereocenters. The Morgan fingerprint density at radius 2 is 1.62 bits per heavy atom. The Morgan fingerprint density at radius 3 is 2.19 bits per heavy atom. The van der Waals surface area contributed by atoms with Gasteiger partial charge in [0.05, 0.1) is 19.0 Å². The standard InChI is InChI=1S/C16H15Br2FO2/c1-9-4-5-10(13(19)6-9)16(18)11-7-14(20-2)15(21-3)8-12(11)17/h4-8,16H,1-3H3. The van der Waals surface area contributed by atoms with Crippen LogP contribution in [-0.2, 0) is 0 Å². The first-order chi connectivity index (χ1) is 9.97. The van der Waals surface area contributed by atoms with E-state index >= 15 is 0 Å². The average molecular weight is 418 g/mol. The van der Waals surface area contributed by atoms with E-state index in [4.69, 9.17) is 9.47 Å². The van der Waals surface area contributed by atoms with Crippen LogP contribution < -0.4 is 9.47 Å². The number of methoxy groups -OCH3 is 2. The molecule has 1 atom stereocenters. The van der Waals surface area contributed by atoms with E-state index in [-0.39, 0.29) is 10.6 Å². The third-order valence-corrected chi connectivity index (χ3v) is 4.88. The minimum absolute atomic E-state index is 0.237. The van der Waals surface area contributed by atoms with Gasteiger partial charge in [-0.2, -0.15) is 0 Å². The van der Waals surface area contributed by atoms with Crippen LogP contribution in [-0.4, -0.2) is 14.2 Å². The third kappa shape index (κ3) is 3.40. The molecule has 0 bridgehead atoms. The molecular formula is C16H15Br2FO2. The normalized spacial score (nSPS) is 12.1. The summed E-state index contributed by atoms with van der Waals surface area (Å²) in [4.78, 5) is -0.285. The van der Waals surface area contributed by atoms with Gasteiger partial charge in [-0.1, -0.05) is 44.0 Å². The van der Waals surface area contributed by atoms with E-state index in [9.17, 15) is 4.39 Å². The predicted octanol–water partition coefficient (Wildman–Crippen LogP) is 5.40. The van der Waals surface area contributed by atoms with E-state index in [0.717, 1.165) is 15.6 Å². The van der Waals surface area contributed by atoms with Gasteiger partial charge in [-0.15, -0.1) is 0 Å². The number of aryl methyl sites for hydroxylation is 1. The molecule has 21 heavy (non-hydrogen) atoms. The molecule has 2 nitrogen and oxygen atoms in total. The molecule has 2 aromatic carbocycles. The van der Waals surface area contributed by atoms with Crippen molar-refractivity contribution < 1.29 is 13.9 Å². The molecule has 5 heteroatoms. The summed E-state index contributed by atoms with van der Waals surface area (Å²) in [6.07, 6.45) is 0. The van der Waals surface area contributed by atoms with E-state index < -0.39 is 0 Å². The van der Waals surface area contributed by atoms with Crippen LogP contribution in [0.1, 0.15) is 21.5 Å². The van der Waals surface area contributed by atoms with Crippen LogP contribution in [0.4, 0.5) is 4.39 Å². The lowest BCUT2D eigenvalue weighted by molar-refractivity contribution is 0.354. The van der Waals surface area contributed by atoms with Crippen LogP contribution in [0.3, 0.4) is 0 Å². The van der Waals surface area contributed by atoms with Gasteiger partial charge in [0, 0.05) is 10.0 Å². The van der Waals surface area contributed by atoms with Crippen molar-refractivity contribution in [2.24, 2.45) is 0 Å². The molecule has 0 N–H and O–H groups in total. The largest absolute Gasteiger partial charge is 0.493 e. The van der Waals surface area contributed by atoms with E-state index in [1.165, 1.54) is 6.07 Å². The van der Waals surface area contributed by atoms with Gasteiger partial charge in [0.2, 0.25) is 0 Å². The van der Waals surface area contributed by atoms with Crippen LogP contribution in [0, 0.1) is 12.7 Å². The van der Waals surface area contributed by atoms with Gasteiger partial charge in [-0.05, 0) is 36.2 Å². The zero-order valence-electron chi connectivity index (χ0n) is 11.9. The predicted molar refractivity (Wildman–Crippen MR) is 89.2 cm³/mol. The Hall–Kier alpha value is -1.07. The van der Waals surface area contributed by atoms with E-state index in [2.05, 4.69) is 31.9 Å². The minimum atomic E-state index is -0.285. The van der Waals surface area contributed by atoms with Crippen LogP contribution >= 0.6 is 31.9 Å². The van der Waals surface area contributed by atoms with Crippen molar-refractivity contribution in [2.75, 3.05) is 14.2 Å². The SMILES string of the molecule is COc1cc(Br)c(C(Br)c2ccc(C)cc2F)cc1OC. The monoisotopic (exact) mass is 416 g/mol. The topological polar surface area (TPSA) is 18.5 Å². The molecule has 0 amide bonds. The molecule has 112 valence electrons. The molecule has 0 aliphatic carbocycles. The molecule has 2 rings (SSSR count). The molecule has 0 aliphatic rings. The Bertz CT molecular complexity index is 659. The van der Waals surface area contributed by atoms with Crippen molar-refractivity contribution in [3.8, 4) is 11.5 Å². The summed E-state index contributed by atoms with van der Waals surface area (Å²) in [6.45, 7) is 1.86. The van der Waals surface area contributed by atoms with E-state index in [1.54, 1.807) is 20.3 Å². The molecule has 0 fully saturated rings. The summed E-state index contributed by atoms with van der Waals surface area (Å²) in [7, 11) is 3.15. The minimum Gasteiger partial charge on any atom is -0.493 e. The number of alkyl halides is 1. The number of benzene rings is 2. The Morgan fingerprint density at radius 1 is 1.00 bits per heavy atom. The van der Waals surface area contributed by atoms with Gasteiger partial charge >= 0.3 is 0 Å². The quantitative estimate of drug-likeness (QED) is 0.620. The van der Waals surface area contributed by atoms with Gasteiger partial charge in [0.15, 0.2) is 11.5 Å². The van der Waals surface area contributed by atoms with Crippen LogP contribution in [0.15, 0.2) is 34.8 Å². The zero-order valence-corrected chi connectivity index (χ0v) is 15.1. The second kappa shape index (κ2) is 6.79. The number of rotatable bonds is 4. The van der Waals surface area contributed by atoms with Crippen LogP contribution in [0.25, 0.3) is 0 Å². The highest BCUT2D eigenvalue weighted by Crippen LogP contribution is 2.42. The van der Waals surface area contributed by atoms with Gasteiger partial charge in [-0.25, -0.2) is 4.39 Å². The zero-order chi connectivity index (χ0) is 15.6. The van der Waals surface area contributed by atoms with Crippen molar-refractivity contribution in [1.29, 1.82) is 0 Å². The smallest absolute Gasteiger partial charge is 0.161 e. The summed E-state index contributed by atoms with van der Waals surface area (Å²) >= 11 is 7.06. The first-order valence-corrected chi connectivity index (χ1v) is 8.00. The second-order valence-electron chi connectivity index (χ2n) is 4.62. The van der Waals surface area contributed by atoms with Crippen molar-refractivity contribution in [2.45, 2.75) is 11.8 Å². The Balaban J connectivity index is 2.50. The maximum Gasteiger partial charge on any atom is 0.161 e. The Kier molecular flexibility index (Phi) is 5.27. The first-order valence-electron chi connectivity index (χ1n) is 6.29. The summed E-state index contributed by atoms with van der Waals surface area (Å²) < 4.78 is 25.5. The van der Waals surface area contributed by atoms with Crippen LogP contribution in [0.5, 0.6) is 11.5 Å². The van der Waals surface area contributed by atoms with Gasteiger partial charge in [-0.3, -0.25) is 0 Å². The summed E-state index contributed by atoms with van der Waals surface area (Å²) in [6, 6.07) is 8.85. The molecular weight excluding hydrogens is 403 g/mol. The number of ether oxygens (including phenoxy) is 2. The lowest BCUT2D eigenvalue weighted by atomic mass is 10.0. The molecule has 2 aromatic rings. The highest BCUT2D eigenvalue weighted by atomic mass is 79.9. The number of hydrogen-bond acceptors (Lipinski definition) is 2. The highest BCUT2D eigenvalue weighted by molar-refractivity contribution is 9.11. The second-order valence-corrected chi connectivity index (χ2v) is 6.39. The molecule has 0 spiro atoms. The maximum absolute atomic E-state index is 14.1. The molecule has 0 saturated heterocycles. The Labute approximate surface area is 140 Å². The van der Waals surface area contributed by atoms with Crippen molar-refractivity contribution >= 4 is 31.9 Å². The first kappa shape index (κ1) is 16.3. The van der Waals surface area contributed by atoms with Crippen molar-refractivity contribution in [1.82, 2.24) is 0 Å². The average Bonchev–Trinajstić information content (AvgIpc) is 2.46. The lowest BCUT2D eigenvalue weighted by Gasteiger charge is -2.17. The van der Waals surface area contributed by atoms with Gasteiger partial charge < -0.3 is 9.47 Å². The number of halogens is 3. The molecule has 0 heterocycles. The van der Waals surface area contributed by atoms with Gasteiger partial charge in [0.25, 0.3) is 0 Å². The van der Waals surface area contributed by atoms with E-state index in [1.807, 2.05) is 25.1 Å².